The first-order valence-corrected chi connectivity index (χ1v) is 9.07. The number of alkyl halides is 3. The summed E-state index contributed by atoms with van der Waals surface area (Å²) >= 11 is 0.764. The van der Waals surface area contributed by atoms with Crippen LogP contribution in [0, 0.1) is 29.1 Å². The molecule has 0 spiro atoms. The van der Waals surface area contributed by atoms with Gasteiger partial charge in [0.2, 0.25) is 0 Å². The van der Waals surface area contributed by atoms with Gasteiger partial charge in [0.15, 0.2) is 23.3 Å². The third kappa shape index (κ3) is 4.79. The predicted molar refractivity (Wildman–Crippen MR) is 94.3 cm³/mol. The molecule has 1 amide bonds. The SMILES string of the molecule is O=C(Nc1c(F)c(F)c(C(F)(F)F)c(F)c1F)c1cc(COc2cccc(F)c2)cs1. The standard InChI is InChI=1S/C19H9F8NO2S/c20-9-2-1-3-10(5-9)30-6-8-4-11(31-7-8)18(29)28-17-15(23)13(21)12(19(25,26)27)14(22)16(17)24/h1-5,7H,6H2,(H,28,29). The van der Waals surface area contributed by atoms with Gasteiger partial charge in [0, 0.05) is 11.6 Å². The number of benzene rings is 2. The van der Waals surface area contributed by atoms with Crippen molar-refractivity contribution >= 4 is 22.9 Å². The van der Waals surface area contributed by atoms with Crippen molar-refractivity contribution in [1.29, 1.82) is 0 Å². The summed E-state index contributed by atoms with van der Waals surface area (Å²) in [5.74, 6) is -11.7. The van der Waals surface area contributed by atoms with E-state index >= 15 is 0 Å². The summed E-state index contributed by atoms with van der Waals surface area (Å²) in [6.07, 6.45) is -5.69. The first-order valence-electron chi connectivity index (χ1n) is 8.19. The van der Waals surface area contributed by atoms with Gasteiger partial charge in [-0.3, -0.25) is 4.79 Å². The average molecular weight is 467 g/mol. The lowest BCUT2D eigenvalue weighted by Gasteiger charge is -2.14. The number of ether oxygens (including phenoxy) is 1. The van der Waals surface area contributed by atoms with E-state index in [1.54, 1.807) is 0 Å². The molecule has 0 atom stereocenters. The zero-order valence-corrected chi connectivity index (χ0v) is 15.7. The Hall–Kier alpha value is -3.15. The van der Waals surface area contributed by atoms with Crippen LogP contribution in [0.2, 0.25) is 0 Å². The highest BCUT2D eigenvalue weighted by Crippen LogP contribution is 2.38. The van der Waals surface area contributed by atoms with E-state index in [4.69, 9.17) is 4.74 Å². The number of thiophene rings is 1. The number of hydrogen-bond acceptors (Lipinski definition) is 3. The van der Waals surface area contributed by atoms with E-state index in [9.17, 15) is 39.9 Å². The van der Waals surface area contributed by atoms with Crippen LogP contribution in [0.15, 0.2) is 35.7 Å². The lowest BCUT2D eigenvalue weighted by Crippen LogP contribution is -2.19. The van der Waals surface area contributed by atoms with E-state index in [-0.39, 0.29) is 17.2 Å². The van der Waals surface area contributed by atoms with Gasteiger partial charge in [-0.1, -0.05) is 6.07 Å². The molecule has 0 fully saturated rings. The minimum atomic E-state index is -5.69. The molecule has 0 aliphatic rings. The van der Waals surface area contributed by atoms with Crippen molar-refractivity contribution in [3.8, 4) is 5.75 Å². The molecule has 0 bridgehead atoms. The van der Waals surface area contributed by atoms with Crippen LogP contribution < -0.4 is 10.1 Å². The van der Waals surface area contributed by atoms with Gasteiger partial charge in [-0.05, 0) is 23.6 Å². The van der Waals surface area contributed by atoms with Crippen molar-refractivity contribution in [3.05, 3.63) is 80.8 Å². The summed E-state index contributed by atoms with van der Waals surface area (Å²) < 4.78 is 111. The number of carbonyl (C=O) groups excluding carboxylic acids is 1. The van der Waals surface area contributed by atoms with Gasteiger partial charge in [0.25, 0.3) is 5.91 Å². The van der Waals surface area contributed by atoms with Gasteiger partial charge in [-0.15, -0.1) is 11.3 Å². The minimum Gasteiger partial charge on any atom is -0.489 e. The van der Waals surface area contributed by atoms with Gasteiger partial charge in [0.05, 0.1) is 4.88 Å². The molecule has 1 N–H and O–H groups in total. The smallest absolute Gasteiger partial charge is 0.422 e. The molecular weight excluding hydrogens is 458 g/mol. The molecule has 3 rings (SSSR count). The Kier molecular flexibility index (Phi) is 6.20. The fraction of sp³-hybridized carbons (Fsp3) is 0.105. The number of nitrogens with one attached hydrogen (secondary N) is 1. The van der Waals surface area contributed by atoms with Crippen LogP contribution in [0.3, 0.4) is 0 Å². The van der Waals surface area contributed by atoms with E-state index in [0.717, 1.165) is 17.4 Å². The Bertz CT molecular complexity index is 1110. The number of halogens is 8. The summed E-state index contributed by atoms with van der Waals surface area (Å²) in [5.41, 5.74) is -4.04. The highest BCUT2D eigenvalue weighted by atomic mass is 32.1. The molecule has 1 heterocycles. The Morgan fingerprint density at radius 2 is 1.61 bits per heavy atom. The van der Waals surface area contributed by atoms with Crippen molar-refractivity contribution in [2.75, 3.05) is 5.32 Å². The molecule has 0 saturated carbocycles. The largest absolute Gasteiger partial charge is 0.489 e. The summed E-state index contributed by atoms with van der Waals surface area (Å²) in [7, 11) is 0. The Labute approximate surface area is 172 Å². The normalized spacial score (nSPS) is 11.5. The lowest BCUT2D eigenvalue weighted by atomic mass is 10.1. The minimum absolute atomic E-state index is 0.112. The maximum absolute atomic E-state index is 13.9. The summed E-state index contributed by atoms with van der Waals surface area (Å²) in [6.45, 7) is -0.112. The van der Waals surface area contributed by atoms with Crippen molar-refractivity contribution in [2.45, 2.75) is 12.8 Å². The number of hydrogen-bond donors (Lipinski definition) is 1. The number of amides is 1. The monoisotopic (exact) mass is 467 g/mol. The maximum Gasteiger partial charge on any atom is 0.422 e. The highest BCUT2D eigenvalue weighted by Gasteiger charge is 2.42. The van der Waals surface area contributed by atoms with Crippen molar-refractivity contribution in [2.24, 2.45) is 0 Å². The third-order valence-electron chi connectivity index (χ3n) is 3.86. The van der Waals surface area contributed by atoms with Crippen molar-refractivity contribution in [1.82, 2.24) is 0 Å². The van der Waals surface area contributed by atoms with Gasteiger partial charge in [0.1, 0.15) is 29.4 Å². The Balaban J connectivity index is 1.78. The molecule has 0 radical (unpaired) electrons. The molecule has 1 aromatic heterocycles. The molecule has 164 valence electrons. The third-order valence-corrected chi connectivity index (χ3v) is 4.84. The average Bonchev–Trinajstić information content (AvgIpc) is 3.16. The van der Waals surface area contributed by atoms with Gasteiger partial charge >= 0.3 is 6.18 Å². The maximum atomic E-state index is 13.9. The van der Waals surface area contributed by atoms with Crippen LogP contribution in [0.4, 0.5) is 40.8 Å². The molecule has 0 unspecified atom stereocenters. The second-order valence-corrected chi connectivity index (χ2v) is 6.93. The first kappa shape index (κ1) is 22.5. The highest BCUT2D eigenvalue weighted by molar-refractivity contribution is 7.12. The van der Waals surface area contributed by atoms with E-state index in [0.29, 0.717) is 5.56 Å². The zero-order chi connectivity index (χ0) is 22.9. The van der Waals surface area contributed by atoms with Gasteiger partial charge in [-0.2, -0.15) is 13.2 Å². The van der Waals surface area contributed by atoms with Crippen LogP contribution >= 0.6 is 11.3 Å². The topological polar surface area (TPSA) is 38.3 Å². The second kappa shape index (κ2) is 8.53. The fourth-order valence-electron chi connectivity index (χ4n) is 2.46. The van der Waals surface area contributed by atoms with Crippen LogP contribution in [0.5, 0.6) is 5.75 Å². The first-order chi connectivity index (χ1) is 14.5. The summed E-state index contributed by atoms with van der Waals surface area (Å²) in [4.78, 5) is 12.0. The fourth-order valence-corrected chi connectivity index (χ4v) is 3.25. The Morgan fingerprint density at radius 1 is 0.968 bits per heavy atom. The molecule has 0 aliphatic carbocycles. The molecule has 2 aromatic carbocycles. The lowest BCUT2D eigenvalue weighted by molar-refractivity contribution is -0.143. The van der Waals surface area contributed by atoms with Gasteiger partial charge < -0.3 is 10.1 Å². The predicted octanol–water partition coefficient (Wildman–Crippen LogP) is 6.29. The van der Waals surface area contributed by atoms with Crippen LogP contribution in [0.1, 0.15) is 20.8 Å². The Morgan fingerprint density at radius 3 is 2.19 bits per heavy atom. The molecule has 3 nitrogen and oxygen atoms in total. The zero-order valence-electron chi connectivity index (χ0n) is 14.9. The number of anilines is 1. The molecule has 0 saturated heterocycles. The van der Waals surface area contributed by atoms with Crippen LogP contribution in [-0.2, 0) is 12.8 Å². The van der Waals surface area contributed by atoms with Crippen molar-refractivity contribution < 1.29 is 44.7 Å². The summed E-state index contributed by atoms with van der Waals surface area (Å²) in [6, 6.07) is 6.40. The molecule has 3 aromatic rings. The van der Waals surface area contributed by atoms with E-state index < -0.39 is 52.4 Å². The van der Waals surface area contributed by atoms with Crippen LogP contribution in [0.25, 0.3) is 0 Å². The van der Waals surface area contributed by atoms with E-state index in [1.165, 1.54) is 35.0 Å². The summed E-state index contributed by atoms with van der Waals surface area (Å²) in [5, 5.41) is 2.94. The van der Waals surface area contributed by atoms with E-state index in [2.05, 4.69) is 0 Å². The quantitative estimate of drug-likeness (QED) is 0.354. The number of carbonyl (C=O) groups is 1. The van der Waals surface area contributed by atoms with Crippen molar-refractivity contribution in [3.63, 3.8) is 0 Å². The molecule has 12 heteroatoms. The molecular formula is C19H9F8NO2S. The number of rotatable bonds is 5. The van der Waals surface area contributed by atoms with E-state index in [1.807, 2.05) is 0 Å². The molecule has 0 aliphatic heterocycles. The van der Waals surface area contributed by atoms with Gasteiger partial charge in [-0.25, -0.2) is 22.0 Å². The molecule has 31 heavy (non-hydrogen) atoms. The van der Waals surface area contributed by atoms with Crippen LogP contribution in [-0.4, -0.2) is 5.91 Å². The second-order valence-electron chi connectivity index (χ2n) is 6.02.